The van der Waals surface area contributed by atoms with Crippen molar-refractivity contribution in [2.45, 2.75) is 25.4 Å². The molecule has 21 heavy (non-hydrogen) atoms. The standard InChI is InChI=1S/C15H15ClN2O3/c16-11-3-1-2-10(6-11)14-18-12(8-21-14)7-17-13(15(19)20)9-4-5-9/h1-3,6,8-9,13,17H,4-5,7H2,(H,19,20). The SMILES string of the molecule is O=C(O)C(NCc1coc(-c2cccc(Cl)c2)n1)C1CC1. The summed E-state index contributed by atoms with van der Waals surface area (Å²) in [6, 6.07) is 6.74. The molecular formula is C15H15ClN2O3. The summed E-state index contributed by atoms with van der Waals surface area (Å²) in [7, 11) is 0. The zero-order valence-electron chi connectivity index (χ0n) is 11.3. The van der Waals surface area contributed by atoms with Gasteiger partial charge in [-0.3, -0.25) is 10.1 Å². The minimum atomic E-state index is -0.809. The van der Waals surface area contributed by atoms with Crippen molar-refractivity contribution in [3.05, 3.63) is 41.2 Å². The van der Waals surface area contributed by atoms with Gasteiger partial charge in [0.1, 0.15) is 12.3 Å². The number of halogens is 1. The number of carboxylic acids is 1. The summed E-state index contributed by atoms with van der Waals surface area (Å²) in [6.45, 7) is 0.373. The van der Waals surface area contributed by atoms with Gasteiger partial charge in [-0.05, 0) is 37.0 Å². The van der Waals surface area contributed by atoms with Crippen molar-refractivity contribution >= 4 is 17.6 Å². The van der Waals surface area contributed by atoms with Gasteiger partial charge in [0.15, 0.2) is 0 Å². The highest BCUT2D eigenvalue weighted by Crippen LogP contribution is 2.33. The number of carbonyl (C=O) groups is 1. The second-order valence-electron chi connectivity index (χ2n) is 5.19. The van der Waals surface area contributed by atoms with Gasteiger partial charge in [0.05, 0.1) is 5.69 Å². The molecule has 1 heterocycles. The summed E-state index contributed by atoms with van der Waals surface area (Å²) in [6.07, 6.45) is 3.47. The van der Waals surface area contributed by atoms with E-state index in [1.165, 1.54) is 6.26 Å². The lowest BCUT2D eigenvalue weighted by Crippen LogP contribution is -2.38. The van der Waals surface area contributed by atoms with Crippen LogP contribution >= 0.6 is 11.6 Å². The molecule has 1 aromatic heterocycles. The molecule has 2 aromatic rings. The van der Waals surface area contributed by atoms with Gasteiger partial charge in [-0.2, -0.15) is 0 Å². The molecule has 2 N–H and O–H groups in total. The number of aromatic nitrogens is 1. The lowest BCUT2D eigenvalue weighted by atomic mass is 10.2. The van der Waals surface area contributed by atoms with Crippen molar-refractivity contribution in [2.75, 3.05) is 0 Å². The summed E-state index contributed by atoms with van der Waals surface area (Å²) in [5, 5.41) is 12.8. The van der Waals surface area contributed by atoms with Crippen LogP contribution in [-0.2, 0) is 11.3 Å². The normalized spacial score (nSPS) is 15.9. The number of carboxylic acid groups (broad SMARTS) is 1. The Labute approximate surface area is 126 Å². The predicted octanol–water partition coefficient (Wildman–Crippen LogP) is 2.95. The Balaban J connectivity index is 1.66. The van der Waals surface area contributed by atoms with Crippen molar-refractivity contribution in [1.29, 1.82) is 0 Å². The first-order chi connectivity index (χ1) is 10.1. The number of oxazole rings is 1. The third kappa shape index (κ3) is 3.43. The lowest BCUT2D eigenvalue weighted by molar-refractivity contribution is -0.140. The van der Waals surface area contributed by atoms with Crippen molar-refractivity contribution in [2.24, 2.45) is 5.92 Å². The zero-order chi connectivity index (χ0) is 14.8. The molecule has 6 heteroatoms. The van der Waals surface area contributed by atoms with Crippen LogP contribution in [0.5, 0.6) is 0 Å². The fraction of sp³-hybridized carbons (Fsp3) is 0.333. The molecule has 3 rings (SSSR count). The Kier molecular flexibility index (Phi) is 3.94. The molecule has 110 valence electrons. The van der Waals surface area contributed by atoms with E-state index in [0.717, 1.165) is 18.4 Å². The summed E-state index contributed by atoms with van der Waals surface area (Å²) in [4.78, 5) is 15.5. The molecule has 1 unspecified atom stereocenters. The first kappa shape index (κ1) is 14.1. The molecule has 1 aliphatic rings. The van der Waals surface area contributed by atoms with Crippen LogP contribution < -0.4 is 5.32 Å². The van der Waals surface area contributed by atoms with Crippen molar-refractivity contribution in [3.63, 3.8) is 0 Å². The van der Waals surface area contributed by atoms with E-state index >= 15 is 0 Å². The minimum absolute atomic E-state index is 0.238. The molecule has 0 saturated heterocycles. The molecule has 1 aliphatic carbocycles. The Bertz CT molecular complexity index is 652. The van der Waals surface area contributed by atoms with Crippen LogP contribution in [0.25, 0.3) is 11.5 Å². The largest absolute Gasteiger partial charge is 0.480 e. The fourth-order valence-electron chi connectivity index (χ4n) is 2.24. The number of nitrogens with one attached hydrogen (secondary N) is 1. The zero-order valence-corrected chi connectivity index (χ0v) is 12.0. The molecule has 0 amide bonds. The third-order valence-corrected chi connectivity index (χ3v) is 3.72. The Hall–Kier alpha value is -1.85. The molecule has 1 aromatic carbocycles. The molecule has 1 saturated carbocycles. The van der Waals surface area contributed by atoms with E-state index in [1.54, 1.807) is 12.1 Å². The van der Waals surface area contributed by atoms with E-state index in [2.05, 4.69) is 10.3 Å². The molecule has 0 aliphatic heterocycles. The lowest BCUT2D eigenvalue weighted by Gasteiger charge is -2.11. The average molecular weight is 307 g/mol. The molecule has 1 atom stereocenters. The topological polar surface area (TPSA) is 75.4 Å². The van der Waals surface area contributed by atoms with E-state index in [0.29, 0.717) is 23.2 Å². The third-order valence-electron chi connectivity index (χ3n) is 3.49. The van der Waals surface area contributed by atoms with E-state index in [9.17, 15) is 4.79 Å². The van der Waals surface area contributed by atoms with Gasteiger partial charge in [0.25, 0.3) is 0 Å². The van der Waals surface area contributed by atoms with Gasteiger partial charge < -0.3 is 9.52 Å². The van der Waals surface area contributed by atoms with Gasteiger partial charge in [0.2, 0.25) is 5.89 Å². The molecule has 0 spiro atoms. The van der Waals surface area contributed by atoms with E-state index < -0.39 is 12.0 Å². The van der Waals surface area contributed by atoms with Crippen LogP contribution in [0.1, 0.15) is 18.5 Å². The van der Waals surface area contributed by atoms with E-state index in [1.807, 2.05) is 12.1 Å². The van der Waals surface area contributed by atoms with Crippen molar-refractivity contribution in [1.82, 2.24) is 10.3 Å². The van der Waals surface area contributed by atoms with Gasteiger partial charge >= 0.3 is 5.97 Å². The maximum absolute atomic E-state index is 11.1. The quantitative estimate of drug-likeness (QED) is 0.858. The molecule has 1 fully saturated rings. The first-order valence-corrected chi connectivity index (χ1v) is 7.18. The predicted molar refractivity (Wildman–Crippen MR) is 77.9 cm³/mol. The summed E-state index contributed by atoms with van der Waals surface area (Å²) in [5.74, 6) is -0.0922. The van der Waals surface area contributed by atoms with Gasteiger partial charge in [-0.15, -0.1) is 0 Å². The number of rotatable bonds is 6. The highest BCUT2D eigenvalue weighted by atomic mass is 35.5. The summed E-state index contributed by atoms with van der Waals surface area (Å²) < 4.78 is 5.42. The number of aliphatic carboxylic acids is 1. The minimum Gasteiger partial charge on any atom is -0.480 e. The van der Waals surface area contributed by atoms with Gasteiger partial charge in [-0.1, -0.05) is 17.7 Å². The summed E-state index contributed by atoms with van der Waals surface area (Å²) >= 11 is 5.93. The van der Waals surface area contributed by atoms with Crippen LogP contribution in [-0.4, -0.2) is 22.1 Å². The molecule has 0 bridgehead atoms. The van der Waals surface area contributed by atoms with Crippen molar-refractivity contribution < 1.29 is 14.3 Å². The Morgan fingerprint density at radius 1 is 1.52 bits per heavy atom. The van der Waals surface area contributed by atoms with Crippen molar-refractivity contribution in [3.8, 4) is 11.5 Å². The second-order valence-corrected chi connectivity index (χ2v) is 5.63. The monoisotopic (exact) mass is 306 g/mol. The smallest absolute Gasteiger partial charge is 0.320 e. The Morgan fingerprint density at radius 2 is 2.33 bits per heavy atom. The maximum atomic E-state index is 11.1. The Morgan fingerprint density at radius 3 is 3.00 bits per heavy atom. The van der Waals surface area contributed by atoms with Crippen LogP contribution in [0.4, 0.5) is 0 Å². The van der Waals surface area contributed by atoms with Crippen LogP contribution in [0.2, 0.25) is 5.02 Å². The molecule has 0 radical (unpaired) electrons. The molecular weight excluding hydrogens is 292 g/mol. The van der Waals surface area contributed by atoms with E-state index in [-0.39, 0.29) is 5.92 Å². The highest BCUT2D eigenvalue weighted by molar-refractivity contribution is 6.30. The van der Waals surface area contributed by atoms with Crippen LogP contribution in [0, 0.1) is 5.92 Å². The van der Waals surface area contributed by atoms with Gasteiger partial charge in [0, 0.05) is 17.1 Å². The number of nitrogens with zero attached hydrogens (tertiary/aromatic N) is 1. The molecule has 5 nitrogen and oxygen atoms in total. The summed E-state index contributed by atoms with van der Waals surface area (Å²) in [5.41, 5.74) is 1.47. The average Bonchev–Trinajstić information content (AvgIpc) is 3.16. The first-order valence-electron chi connectivity index (χ1n) is 6.80. The highest BCUT2D eigenvalue weighted by Gasteiger charge is 2.35. The number of hydrogen-bond donors (Lipinski definition) is 2. The second kappa shape index (κ2) is 5.87. The fourth-order valence-corrected chi connectivity index (χ4v) is 2.43. The number of hydrogen-bond acceptors (Lipinski definition) is 4. The van der Waals surface area contributed by atoms with Gasteiger partial charge in [-0.25, -0.2) is 4.98 Å². The van der Waals surface area contributed by atoms with E-state index in [4.69, 9.17) is 21.1 Å². The number of benzene rings is 1. The van der Waals surface area contributed by atoms with Crippen LogP contribution in [0.3, 0.4) is 0 Å². The van der Waals surface area contributed by atoms with Crippen LogP contribution in [0.15, 0.2) is 34.9 Å². The maximum Gasteiger partial charge on any atom is 0.320 e.